The first-order valence-corrected chi connectivity index (χ1v) is 14.7. The summed E-state index contributed by atoms with van der Waals surface area (Å²) < 4.78 is 53.2. The molecule has 8 nitrogen and oxygen atoms in total. The van der Waals surface area contributed by atoms with Gasteiger partial charge < -0.3 is 9.47 Å². The highest BCUT2D eigenvalue weighted by Crippen LogP contribution is 2.27. The second-order valence-electron chi connectivity index (χ2n) is 5.79. The lowest BCUT2D eigenvalue weighted by molar-refractivity contribution is -0.140. The lowest BCUT2D eigenvalue weighted by Crippen LogP contribution is -2.08. The highest BCUT2D eigenvalue weighted by Gasteiger charge is 2.20. The van der Waals surface area contributed by atoms with Crippen molar-refractivity contribution in [2.75, 3.05) is 14.2 Å². The third-order valence-corrected chi connectivity index (χ3v) is 8.23. The van der Waals surface area contributed by atoms with Gasteiger partial charge in [0.1, 0.15) is 9.65 Å². The van der Waals surface area contributed by atoms with Crippen LogP contribution in [-0.4, -0.2) is 43.0 Å². The molecule has 0 radical (unpaired) electrons. The molecule has 0 aliphatic carbocycles. The van der Waals surface area contributed by atoms with Crippen LogP contribution in [0, 0.1) is 0 Å². The van der Waals surface area contributed by atoms with Gasteiger partial charge in [-0.2, -0.15) is 0 Å². The number of halogens is 4. The van der Waals surface area contributed by atoms with Crippen LogP contribution in [-0.2, 0) is 37.2 Å². The van der Waals surface area contributed by atoms with E-state index in [1.807, 2.05) is 0 Å². The van der Waals surface area contributed by atoms with Crippen molar-refractivity contribution < 1.29 is 35.9 Å². The van der Waals surface area contributed by atoms with E-state index in [9.17, 15) is 26.4 Å². The summed E-state index contributed by atoms with van der Waals surface area (Å²) in [4.78, 5) is 21.0. The van der Waals surface area contributed by atoms with Gasteiger partial charge in [-0.15, -0.1) is 0 Å². The molecule has 0 amide bonds. The molecular weight excluding hydrogens is 639 g/mol. The maximum absolute atomic E-state index is 11.2. The van der Waals surface area contributed by atoms with Crippen molar-refractivity contribution >= 4 is 83.3 Å². The molecule has 0 saturated heterocycles. The SMILES string of the molecule is COC(=O)C(Br)c1ccc(S(=O)(=O)Cl)cc1.COC(=O)C(Br)c1cccc(S(=O)(=O)Cl)c1. The maximum atomic E-state index is 11.2. The van der Waals surface area contributed by atoms with Gasteiger partial charge in [0, 0.05) is 21.4 Å². The quantitative estimate of drug-likeness (QED) is 0.255. The average molecular weight is 655 g/mol. The summed E-state index contributed by atoms with van der Waals surface area (Å²) in [7, 11) is 5.34. The van der Waals surface area contributed by atoms with Gasteiger partial charge in [-0.3, -0.25) is 9.59 Å². The summed E-state index contributed by atoms with van der Waals surface area (Å²) in [6.45, 7) is 0. The summed E-state index contributed by atoms with van der Waals surface area (Å²) in [6.07, 6.45) is 0. The van der Waals surface area contributed by atoms with Gasteiger partial charge >= 0.3 is 11.9 Å². The number of methoxy groups -OCH3 is 2. The predicted octanol–water partition coefficient (Wildman–Crippen LogP) is 4.45. The minimum Gasteiger partial charge on any atom is -0.468 e. The molecule has 0 N–H and O–H groups in total. The summed E-state index contributed by atoms with van der Waals surface area (Å²) >= 11 is 6.23. The standard InChI is InChI=1S/2C9H8BrClO4S/c1-15-9(12)8(10)6-2-4-7(5-3-6)16(11,13)14;1-15-9(12)8(10)6-3-2-4-7(5-6)16(11,13)14/h2*2-5,8H,1H3. The maximum Gasteiger partial charge on any atom is 0.323 e. The number of hydrogen-bond donors (Lipinski definition) is 0. The zero-order valence-corrected chi connectivity index (χ0v) is 22.7. The van der Waals surface area contributed by atoms with Crippen molar-refractivity contribution in [3.63, 3.8) is 0 Å². The van der Waals surface area contributed by atoms with Crippen LogP contribution in [0.25, 0.3) is 0 Å². The Balaban J connectivity index is 0.000000320. The number of hydrogen-bond acceptors (Lipinski definition) is 8. The van der Waals surface area contributed by atoms with Gasteiger partial charge in [-0.25, -0.2) is 16.8 Å². The fraction of sp³-hybridized carbons (Fsp3) is 0.222. The monoisotopic (exact) mass is 652 g/mol. The Morgan fingerprint density at radius 1 is 0.750 bits per heavy atom. The number of rotatable bonds is 6. The zero-order valence-electron chi connectivity index (χ0n) is 16.4. The molecule has 2 rings (SSSR count). The van der Waals surface area contributed by atoms with E-state index in [-0.39, 0.29) is 9.79 Å². The topological polar surface area (TPSA) is 121 Å². The Morgan fingerprint density at radius 3 is 1.59 bits per heavy atom. The molecule has 0 bridgehead atoms. The van der Waals surface area contributed by atoms with Crippen LogP contribution < -0.4 is 0 Å². The molecule has 0 fully saturated rings. The lowest BCUT2D eigenvalue weighted by Gasteiger charge is -2.08. The molecule has 0 saturated carbocycles. The van der Waals surface area contributed by atoms with E-state index in [2.05, 4.69) is 41.3 Å². The molecule has 14 heteroatoms. The first kappa shape index (κ1) is 28.9. The van der Waals surface area contributed by atoms with Crippen molar-refractivity contribution in [1.29, 1.82) is 0 Å². The van der Waals surface area contributed by atoms with Gasteiger partial charge in [0.05, 0.1) is 24.0 Å². The fourth-order valence-electron chi connectivity index (χ4n) is 2.10. The van der Waals surface area contributed by atoms with Crippen LogP contribution in [0.15, 0.2) is 58.3 Å². The van der Waals surface area contributed by atoms with E-state index in [1.165, 1.54) is 56.7 Å². The normalized spacial score (nSPS) is 13.2. The van der Waals surface area contributed by atoms with Crippen molar-refractivity contribution in [3.8, 4) is 0 Å². The Hall–Kier alpha value is -1.18. The fourth-order valence-corrected chi connectivity index (χ4v) is 4.64. The van der Waals surface area contributed by atoms with E-state index in [4.69, 9.17) is 21.4 Å². The van der Waals surface area contributed by atoms with Crippen molar-refractivity contribution in [2.24, 2.45) is 0 Å². The molecule has 2 aromatic rings. The first-order chi connectivity index (χ1) is 14.7. The van der Waals surface area contributed by atoms with Crippen molar-refractivity contribution in [2.45, 2.75) is 19.4 Å². The average Bonchev–Trinajstić information content (AvgIpc) is 2.76. The lowest BCUT2D eigenvalue weighted by atomic mass is 10.1. The molecule has 0 aliphatic heterocycles. The van der Waals surface area contributed by atoms with E-state index in [1.54, 1.807) is 6.07 Å². The molecule has 32 heavy (non-hydrogen) atoms. The number of esters is 2. The number of alkyl halides is 2. The summed E-state index contributed by atoms with van der Waals surface area (Å²) in [6, 6.07) is 11.4. The highest BCUT2D eigenvalue weighted by atomic mass is 79.9. The van der Waals surface area contributed by atoms with Gasteiger partial charge in [0.15, 0.2) is 0 Å². The third-order valence-electron chi connectivity index (χ3n) is 3.70. The molecule has 2 atom stereocenters. The zero-order chi connectivity index (χ0) is 24.7. The Morgan fingerprint density at radius 2 is 1.19 bits per heavy atom. The van der Waals surface area contributed by atoms with Crippen LogP contribution in [0.5, 0.6) is 0 Å². The molecule has 0 heterocycles. The number of benzene rings is 2. The number of carbonyl (C=O) groups is 2. The highest BCUT2D eigenvalue weighted by molar-refractivity contribution is 9.09. The second-order valence-corrected chi connectivity index (χ2v) is 12.8. The smallest absolute Gasteiger partial charge is 0.323 e. The van der Waals surface area contributed by atoms with Gasteiger partial charge in [0.25, 0.3) is 18.1 Å². The minimum atomic E-state index is -3.79. The Kier molecular flexibility index (Phi) is 11.1. The van der Waals surface area contributed by atoms with Crippen LogP contribution in [0.4, 0.5) is 0 Å². The molecule has 176 valence electrons. The van der Waals surface area contributed by atoms with Crippen molar-refractivity contribution in [3.05, 3.63) is 59.7 Å². The van der Waals surface area contributed by atoms with Gasteiger partial charge in [0.2, 0.25) is 0 Å². The third kappa shape index (κ3) is 8.64. The van der Waals surface area contributed by atoms with Crippen LogP contribution in [0.3, 0.4) is 0 Å². The molecule has 0 aromatic heterocycles. The van der Waals surface area contributed by atoms with Crippen molar-refractivity contribution in [1.82, 2.24) is 0 Å². The molecular formula is C18H16Br2Cl2O8S2. The van der Waals surface area contributed by atoms with E-state index in [0.29, 0.717) is 11.1 Å². The molecule has 0 aliphatic rings. The van der Waals surface area contributed by atoms with E-state index >= 15 is 0 Å². The Bertz CT molecular complexity index is 1170. The summed E-state index contributed by atoms with van der Waals surface area (Å²) in [5.74, 6) is -0.967. The van der Waals surface area contributed by atoms with Gasteiger partial charge in [-0.1, -0.05) is 56.1 Å². The summed E-state index contributed by atoms with van der Waals surface area (Å²) in [5.41, 5.74) is 1.06. The number of carbonyl (C=O) groups excluding carboxylic acids is 2. The van der Waals surface area contributed by atoms with Gasteiger partial charge in [-0.05, 0) is 35.4 Å². The minimum absolute atomic E-state index is 0.0116. The predicted molar refractivity (Wildman–Crippen MR) is 126 cm³/mol. The molecule has 2 aromatic carbocycles. The van der Waals surface area contributed by atoms with Crippen LogP contribution in [0.2, 0.25) is 0 Å². The molecule has 0 spiro atoms. The number of ether oxygens (including phenoxy) is 2. The van der Waals surface area contributed by atoms with E-state index < -0.39 is 39.7 Å². The Labute approximate surface area is 211 Å². The largest absolute Gasteiger partial charge is 0.468 e. The van der Waals surface area contributed by atoms with Crippen LogP contribution in [0.1, 0.15) is 20.8 Å². The molecule has 2 unspecified atom stereocenters. The second kappa shape index (κ2) is 12.3. The van der Waals surface area contributed by atoms with Crippen LogP contribution >= 0.6 is 53.2 Å². The summed E-state index contributed by atoms with van der Waals surface area (Å²) in [5, 5.41) is 0. The first-order valence-electron chi connectivity index (χ1n) is 8.25. The van der Waals surface area contributed by atoms with E-state index in [0.717, 1.165) is 0 Å².